The minimum Gasteiger partial charge on any atom is -0.356 e. The van der Waals surface area contributed by atoms with Crippen LogP contribution in [0.2, 0.25) is 0 Å². The largest absolute Gasteiger partial charge is 0.356 e. The lowest BCUT2D eigenvalue weighted by molar-refractivity contribution is -0.137. The number of rotatable bonds is 5. The maximum absolute atomic E-state index is 13.4. The third kappa shape index (κ3) is 3.92. The highest BCUT2D eigenvalue weighted by molar-refractivity contribution is 6.00. The zero-order valence-corrected chi connectivity index (χ0v) is 18.8. The molecule has 0 aliphatic carbocycles. The van der Waals surface area contributed by atoms with Crippen LogP contribution in [0, 0.1) is 5.92 Å². The Bertz CT molecular complexity index is 1140. The van der Waals surface area contributed by atoms with Gasteiger partial charge in [0.25, 0.3) is 11.5 Å². The molecule has 0 unspecified atom stereocenters. The zero-order valence-electron chi connectivity index (χ0n) is 18.8. The second-order valence-electron chi connectivity index (χ2n) is 8.28. The summed E-state index contributed by atoms with van der Waals surface area (Å²) in [5, 5.41) is 4.51. The Labute approximate surface area is 187 Å². The van der Waals surface area contributed by atoms with Crippen molar-refractivity contribution in [3.8, 4) is 16.9 Å². The van der Waals surface area contributed by atoms with E-state index in [0.717, 1.165) is 12.8 Å². The lowest BCUT2D eigenvalue weighted by Crippen LogP contribution is -2.52. The summed E-state index contributed by atoms with van der Waals surface area (Å²) < 4.78 is 3.06. The Morgan fingerprint density at radius 1 is 0.969 bits per heavy atom. The van der Waals surface area contributed by atoms with E-state index >= 15 is 0 Å². The summed E-state index contributed by atoms with van der Waals surface area (Å²) in [5.41, 5.74) is 1.61. The lowest BCUT2D eigenvalue weighted by atomic mass is 10.0. The number of carbonyl (C=O) groups is 2. The molecule has 1 fully saturated rings. The highest BCUT2D eigenvalue weighted by Crippen LogP contribution is 2.24. The molecular weight excluding hydrogens is 406 g/mol. The van der Waals surface area contributed by atoms with Gasteiger partial charge in [-0.2, -0.15) is 9.78 Å². The van der Waals surface area contributed by atoms with Crippen molar-refractivity contribution >= 4 is 11.8 Å². The van der Waals surface area contributed by atoms with E-state index in [1.807, 2.05) is 49.1 Å². The van der Waals surface area contributed by atoms with Crippen LogP contribution in [0.4, 0.5) is 0 Å². The quantitative estimate of drug-likeness (QED) is 0.616. The Hall–Kier alpha value is -3.42. The van der Waals surface area contributed by atoms with E-state index in [-0.39, 0.29) is 23.3 Å². The molecule has 2 amide bonds. The molecule has 0 aromatic heterocycles. The van der Waals surface area contributed by atoms with Crippen molar-refractivity contribution in [3.63, 3.8) is 0 Å². The van der Waals surface area contributed by atoms with Crippen molar-refractivity contribution in [2.45, 2.75) is 26.7 Å². The van der Waals surface area contributed by atoms with E-state index in [4.69, 9.17) is 0 Å². The third-order valence-corrected chi connectivity index (χ3v) is 6.24. The smallest absolute Gasteiger partial charge is 0.282 e. The van der Waals surface area contributed by atoms with Gasteiger partial charge in [-0.1, -0.05) is 32.0 Å². The van der Waals surface area contributed by atoms with Crippen LogP contribution in [0.3, 0.4) is 0 Å². The molecule has 3 heterocycles. The molecule has 0 N–H and O–H groups in total. The number of aryl methyl sites for hydroxylation is 1. The van der Waals surface area contributed by atoms with Crippen molar-refractivity contribution < 1.29 is 9.59 Å². The molecule has 0 bridgehead atoms. The molecule has 1 aromatic rings. The Kier molecular flexibility index (Phi) is 6.12. The van der Waals surface area contributed by atoms with E-state index in [2.05, 4.69) is 5.10 Å². The van der Waals surface area contributed by atoms with Gasteiger partial charge in [0.15, 0.2) is 0 Å². The van der Waals surface area contributed by atoms with Gasteiger partial charge < -0.3 is 14.4 Å². The highest BCUT2D eigenvalue weighted by Gasteiger charge is 2.31. The number of pyridine rings is 1. The molecule has 32 heavy (non-hydrogen) atoms. The molecule has 168 valence electrons. The van der Waals surface area contributed by atoms with Crippen LogP contribution in [0.15, 0.2) is 47.5 Å². The maximum Gasteiger partial charge on any atom is 0.282 e. The average Bonchev–Trinajstić information content (AvgIpc) is 3.15. The summed E-state index contributed by atoms with van der Waals surface area (Å²) in [6.45, 7) is 6.04. The summed E-state index contributed by atoms with van der Waals surface area (Å²) in [6.07, 6.45) is 5.07. The average molecular weight is 436 g/mol. The van der Waals surface area contributed by atoms with Gasteiger partial charge in [0.1, 0.15) is 5.69 Å². The van der Waals surface area contributed by atoms with Crippen molar-refractivity contribution in [1.29, 1.82) is 0 Å². The molecule has 0 saturated carbocycles. The van der Waals surface area contributed by atoms with Gasteiger partial charge in [-0.3, -0.25) is 14.4 Å². The normalized spacial score (nSPS) is 14.4. The van der Waals surface area contributed by atoms with Gasteiger partial charge in [-0.15, -0.1) is 0 Å². The van der Waals surface area contributed by atoms with Crippen LogP contribution in [0.25, 0.3) is 16.9 Å². The van der Waals surface area contributed by atoms with Crippen LogP contribution in [0.1, 0.15) is 37.0 Å². The summed E-state index contributed by atoms with van der Waals surface area (Å²) in [5.74, 6) is 0.0502. The van der Waals surface area contributed by atoms with E-state index in [9.17, 15) is 14.4 Å². The first-order valence-corrected chi connectivity index (χ1v) is 11.2. The third-order valence-electron chi connectivity index (χ3n) is 6.24. The van der Waals surface area contributed by atoms with Crippen LogP contribution in [-0.4, -0.2) is 62.1 Å². The number of para-hydroxylation sites is 1. The zero-order chi connectivity index (χ0) is 22.8. The first-order chi connectivity index (χ1) is 15.4. The SMILES string of the molecule is CCC(CC)C(=O)N1CCN(C(=O)c2cn(C)cc3c(=O)n(-c4ccccc4)nc2-3)CC1. The molecule has 4 rings (SSSR count). The number of nitrogens with zero attached hydrogens (tertiary/aromatic N) is 5. The number of fused-ring (bicyclic) bond motifs is 1. The molecule has 3 aliphatic rings. The van der Waals surface area contributed by atoms with Crippen LogP contribution in [-0.2, 0) is 11.8 Å². The van der Waals surface area contributed by atoms with Crippen molar-refractivity contribution in [2.24, 2.45) is 13.0 Å². The van der Waals surface area contributed by atoms with Gasteiger partial charge in [-0.25, -0.2) is 0 Å². The van der Waals surface area contributed by atoms with E-state index < -0.39 is 0 Å². The minimum atomic E-state index is -0.253. The van der Waals surface area contributed by atoms with E-state index in [0.29, 0.717) is 48.7 Å². The number of hydrogen-bond acceptors (Lipinski definition) is 4. The number of benzene rings is 1. The molecular formula is C24H29N5O3. The van der Waals surface area contributed by atoms with Gasteiger partial charge in [0, 0.05) is 51.5 Å². The topological polar surface area (TPSA) is 80.4 Å². The van der Waals surface area contributed by atoms with Gasteiger partial charge in [-0.05, 0) is 25.0 Å². The predicted octanol–water partition coefficient (Wildman–Crippen LogP) is 2.40. The van der Waals surface area contributed by atoms with Gasteiger partial charge in [0.05, 0.1) is 16.8 Å². The molecule has 8 heteroatoms. The fraction of sp³-hybridized carbons (Fsp3) is 0.417. The van der Waals surface area contributed by atoms with Gasteiger partial charge >= 0.3 is 0 Å². The minimum absolute atomic E-state index is 0.0440. The summed E-state index contributed by atoms with van der Waals surface area (Å²) in [4.78, 5) is 42.7. The number of carbonyl (C=O) groups excluding carboxylic acids is 2. The molecule has 1 saturated heterocycles. The molecule has 3 aliphatic heterocycles. The fourth-order valence-corrected chi connectivity index (χ4v) is 4.33. The Morgan fingerprint density at radius 3 is 2.22 bits per heavy atom. The second-order valence-corrected chi connectivity index (χ2v) is 8.28. The van der Waals surface area contributed by atoms with Crippen LogP contribution >= 0.6 is 0 Å². The highest BCUT2D eigenvalue weighted by atomic mass is 16.2. The first-order valence-electron chi connectivity index (χ1n) is 11.2. The Morgan fingerprint density at radius 2 is 1.59 bits per heavy atom. The summed E-state index contributed by atoms with van der Waals surface area (Å²) in [6, 6.07) is 9.18. The van der Waals surface area contributed by atoms with Crippen molar-refractivity contribution in [2.75, 3.05) is 26.2 Å². The summed E-state index contributed by atoms with van der Waals surface area (Å²) in [7, 11) is 1.79. The number of piperazine rings is 1. The van der Waals surface area contributed by atoms with E-state index in [1.54, 1.807) is 28.9 Å². The number of hydrogen-bond donors (Lipinski definition) is 0. The number of amides is 2. The maximum atomic E-state index is 13.4. The van der Waals surface area contributed by atoms with Crippen molar-refractivity contribution in [3.05, 3.63) is 58.6 Å². The van der Waals surface area contributed by atoms with E-state index in [1.165, 1.54) is 4.68 Å². The monoisotopic (exact) mass is 435 g/mol. The van der Waals surface area contributed by atoms with Crippen molar-refractivity contribution in [1.82, 2.24) is 24.1 Å². The molecule has 0 atom stereocenters. The molecule has 0 radical (unpaired) electrons. The number of aromatic nitrogens is 3. The van der Waals surface area contributed by atoms with Crippen LogP contribution < -0.4 is 5.56 Å². The predicted molar refractivity (Wildman–Crippen MR) is 122 cm³/mol. The molecule has 8 nitrogen and oxygen atoms in total. The van der Waals surface area contributed by atoms with Gasteiger partial charge in [0.2, 0.25) is 5.91 Å². The fourth-order valence-electron chi connectivity index (χ4n) is 4.33. The second kappa shape index (κ2) is 8.98. The first kappa shape index (κ1) is 21.8. The summed E-state index contributed by atoms with van der Waals surface area (Å²) >= 11 is 0. The van der Waals surface area contributed by atoms with Crippen LogP contribution in [0.5, 0.6) is 0 Å². The Balaban J connectivity index is 1.59. The standard InChI is InChI=1S/C24H29N5O3/c1-4-17(5-2)22(30)27-11-13-28(14-12-27)23(31)19-15-26(3)16-20-21(19)25-29(24(20)32)18-9-7-6-8-10-18/h6-10,15-17H,4-5,11-14H2,1-3H3. The molecule has 1 aromatic carbocycles. The molecule has 0 spiro atoms. The lowest BCUT2D eigenvalue weighted by Gasteiger charge is -2.36.